The molecule has 0 unspecified atom stereocenters. The predicted octanol–water partition coefficient (Wildman–Crippen LogP) is 5.61. The standard InChI is InChI=1S/C23H15ClFNO3/c24-18-10-16-15(14-6-2-1-3-7-14)11-21(27)29-22(16)17-12-26(13-28-23(17)18)20-9-5-4-8-19(20)25/h1-11H,12-13H2. The molecular formula is C23H15ClFNO3. The van der Waals surface area contributed by atoms with Gasteiger partial charge in [0.2, 0.25) is 0 Å². The predicted molar refractivity (Wildman–Crippen MR) is 111 cm³/mol. The molecule has 0 N–H and O–H groups in total. The van der Waals surface area contributed by atoms with Gasteiger partial charge in [-0.15, -0.1) is 0 Å². The number of hydrogen-bond donors (Lipinski definition) is 0. The monoisotopic (exact) mass is 407 g/mol. The van der Waals surface area contributed by atoms with Crippen LogP contribution in [0.4, 0.5) is 10.1 Å². The molecule has 0 radical (unpaired) electrons. The van der Waals surface area contributed by atoms with E-state index < -0.39 is 5.63 Å². The first kappa shape index (κ1) is 17.8. The van der Waals surface area contributed by atoms with Gasteiger partial charge in [-0.05, 0) is 29.3 Å². The van der Waals surface area contributed by atoms with Crippen LogP contribution in [0, 0.1) is 5.82 Å². The van der Waals surface area contributed by atoms with Crippen LogP contribution in [0.1, 0.15) is 5.56 Å². The lowest BCUT2D eigenvalue weighted by atomic mass is 9.99. The molecule has 0 saturated carbocycles. The number of ether oxygens (including phenoxy) is 1. The fourth-order valence-electron chi connectivity index (χ4n) is 3.71. The Bertz CT molecular complexity index is 1290. The minimum Gasteiger partial charge on any atom is -0.471 e. The minimum absolute atomic E-state index is 0.141. The Kier molecular flexibility index (Phi) is 4.25. The maximum Gasteiger partial charge on any atom is 0.336 e. The highest BCUT2D eigenvalue weighted by Gasteiger charge is 2.26. The number of anilines is 1. The summed E-state index contributed by atoms with van der Waals surface area (Å²) in [5.41, 5.74) is 2.57. The van der Waals surface area contributed by atoms with Crippen LogP contribution in [0.5, 0.6) is 5.75 Å². The molecule has 1 aliphatic rings. The van der Waals surface area contributed by atoms with Crippen LogP contribution in [0.3, 0.4) is 0 Å². The molecule has 29 heavy (non-hydrogen) atoms. The molecule has 0 spiro atoms. The highest BCUT2D eigenvalue weighted by atomic mass is 35.5. The van der Waals surface area contributed by atoms with Gasteiger partial charge in [-0.25, -0.2) is 9.18 Å². The van der Waals surface area contributed by atoms with Gasteiger partial charge in [0.05, 0.1) is 22.8 Å². The number of benzene rings is 3. The fourth-order valence-corrected chi connectivity index (χ4v) is 3.99. The van der Waals surface area contributed by atoms with E-state index in [1.165, 1.54) is 12.1 Å². The lowest BCUT2D eigenvalue weighted by molar-refractivity contribution is 0.287. The van der Waals surface area contributed by atoms with Crippen LogP contribution in [0.2, 0.25) is 5.02 Å². The summed E-state index contributed by atoms with van der Waals surface area (Å²) >= 11 is 6.51. The summed E-state index contributed by atoms with van der Waals surface area (Å²) in [6.45, 7) is 0.441. The molecule has 0 fully saturated rings. The molecule has 1 aliphatic heterocycles. The molecule has 0 amide bonds. The third kappa shape index (κ3) is 3.04. The van der Waals surface area contributed by atoms with Crippen LogP contribution in [0.15, 0.2) is 75.9 Å². The molecule has 5 rings (SSSR count). The second kappa shape index (κ2) is 6.94. The van der Waals surface area contributed by atoms with Crippen molar-refractivity contribution in [1.29, 1.82) is 0 Å². The molecule has 0 aliphatic carbocycles. The molecule has 4 aromatic rings. The largest absolute Gasteiger partial charge is 0.471 e. The summed E-state index contributed by atoms with van der Waals surface area (Å²) < 4.78 is 25.7. The van der Waals surface area contributed by atoms with Crippen LogP contribution in [-0.2, 0) is 6.54 Å². The van der Waals surface area contributed by atoms with Gasteiger partial charge >= 0.3 is 5.63 Å². The number of halogens is 2. The van der Waals surface area contributed by atoms with Gasteiger partial charge in [-0.1, -0.05) is 54.1 Å². The van der Waals surface area contributed by atoms with E-state index in [2.05, 4.69) is 0 Å². The van der Waals surface area contributed by atoms with Crippen LogP contribution < -0.4 is 15.3 Å². The number of hydrogen-bond acceptors (Lipinski definition) is 4. The Morgan fingerprint density at radius 3 is 2.55 bits per heavy atom. The van der Waals surface area contributed by atoms with Gasteiger partial charge in [0.25, 0.3) is 0 Å². The molecule has 2 heterocycles. The molecular weight excluding hydrogens is 393 g/mol. The van der Waals surface area contributed by atoms with Crippen molar-refractivity contribution in [3.63, 3.8) is 0 Å². The average Bonchev–Trinajstić information content (AvgIpc) is 2.75. The van der Waals surface area contributed by atoms with Crippen LogP contribution >= 0.6 is 11.6 Å². The summed E-state index contributed by atoms with van der Waals surface area (Å²) in [7, 11) is 0. The van der Waals surface area contributed by atoms with E-state index >= 15 is 0 Å². The number of para-hydroxylation sites is 1. The van der Waals surface area contributed by atoms with Crippen LogP contribution in [0.25, 0.3) is 22.1 Å². The first-order valence-electron chi connectivity index (χ1n) is 9.09. The average molecular weight is 408 g/mol. The van der Waals surface area contributed by atoms with Crippen molar-refractivity contribution >= 4 is 28.3 Å². The van der Waals surface area contributed by atoms with E-state index in [1.807, 2.05) is 30.3 Å². The second-order valence-corrected chi connectivity index (χ2v) is 7.22. The molecule has 1 aromatic heterocycles. The summed E-state index contributed by atoms with van der Waals surface area (Å²) in [6, 6.07) is 19.2. The summed E-state index contributed by atoms with van der Waals surface area (Å²) in [5.74, 6) is 0.109. The van der Waals surface area contributed by atoms with E-state index in [1.54, 1.807) is 29.2 Å². The smallest absolute Gasteiger partial charge is 0.336 e. The van der Waals surface area contributed by atoms with Crippen molar-refractivity contribution in [3.05, 3.63) is 93.6 Å². The SMILES string of the molecule is O=c1cc(-c2ccccc2)c2cc(Cl)c3c(c2o1)CN(c1ccccc1F)CO3. The van der Waals surface area contributed by atoms with Gasteiger partial charge < -0.3 is 14.1 Å². The van der Waals surface area contributed by atoms with E-state index in [4.69, 9.17) is 20.8 Å². The lowest BCUT2D eigenvalue weighted by Crippen LogP contribution is -2.32. The third-order valence-corrected chi connectivity index (χ3v) is 5.31. The Morgan fingerprint density at radius 2 is 1.76 bits per heavy atom. The summed E-state index contributed by atoms with van der Waals surface area (Å²) in [5, 5.41) is 1.13. The molecule has 0 atom stereocenters. The molecule has 0 bridgehead atoms. The zero-order valence-electron chi connectivity index (χ0n) is 15.2. The zero-order chi connectivity index (χ0) is 20.0. The normalized spacial score (nSPS) is 13.2. The Labute approximate surface area is 170 Å². The van der Waals surface area contributed by atoms with Crippen molar-refractivity contribution in [2.45, 2.75) is 6.54 Å². The summed E-state index contributed by atoms with van der Waals surface area (Å²) in [6.07, 6.45) is 0. The van der Waals surface area contributed by atoms with Gasteiger partial charge in [-0.3, -0.25) is 0 Å². The first-order chi connectivity index (χ1) is 14.1. The number of fused-ring (bicyclic) bond motifs is 3. The van der Waals surface area contributed by atoms with Crippen LogP contribution in [-0.4, -0.2) is 6.73 Å². The fraction of sp³-hybridized carbons (Fsp3) is 0.0870. The second-order valence-electron chi connectivity index (χ2n) is 6.81. The van der Waals surface area contributed by atoms with E-state index in [9.17, 15) is 9.18 Å². The number of nitrogens with zero attached hydrogens (tertiary/aromatic N) is 1. The third-order valence-electron chi connectivity index (χ3n) is 5.03. The molecule has 3 aromatic carbocycles. The maximum absolute atomic E-state index is 14.3. The minimum atomic E-state index is -0.469. The van der Waals surface area contributed by atoms with Crippen molar-refractivity contribution in [2.24, 2.45) is 0 Å². The Hall–Kier alpha value is -3.31. The molecule has 6 heteroatoms. The van der Waals surface area contributed by atoms with Crippen molar-refractivity contribution in [1.82, 2.24) is 0 Å². The maximum atomic E-state index is 14.3. The Balaban J connectivity index is 1.73. The number of rotatable bonds is 2. The topological polar surface area (TPSA) is 42.7 Å². The zero-order valence-corrected chi connectivity index (χ0v) is 15.9. The van der Waals surface area contributed by atoms with Gasteiger partial charge in [-0.2, -0.15) is 0 Å². The highest BCUT2D eigenvalue weighted by Crippen LogP contribution is 2.42. The van der Waals surface area contributed by atoms with Crippen molar-refractivity contribution in [3.8, 4) is 16.9 Å². The van der Waals surface area contributed by atoms with E-state index in [0.29, 0.717) is 39.5 Å². The highest BCUT2D eigenvalue weighted by molar-refractivity contribution is 6.33. The van der Waals surface area contributed by atoms with Gasteiger partial charge in [0, 0.05) is 11.5 Å². The van der Waals surface area contributed by atoms with Crippen molar-refractivity contribution in [2.75, 3.05) is 11.6 Å². The quantitative estimate of drug-likeness (QED) is 0.405. The van der Waals surface area contributed by atoms with Gasteiger partial charge in [0.15, 0.2) is 6.73 Å². The van der Waals surface area contributed by atoms with E-state index in [-0.39, 0.29) is 12.5 Å². The summed E-state index contributed by atoms with van der Waals surface area (Å²) in [4.78, 5) is 14.1. The van der Waals surface area contributed by atoms with Crippen molar-refractivity contribution < 1.29 is 13.5 Å². The lowest BCUT2D eigenvalue weighted by Gasteiger charge is -2.31. The Morgan fingerprint density at radius 1 is 1.00 bits per heavy atom. The van der Waals surface area contributed by atoms with E-state index in [0.717, 1.165) is 11.1 Å². The molecule has 144 valence electrons. The first-order valence-corrected chi connectivity index (χ1v) is 9.46. The molecule has 0 saturated heterocycles. The van der Waals surface area contributed by atoms with Gasteiger partial charge in [0.1, 0.15) is 17.1 Å². The molecule has 4 nitrogen and oxygen atoms in total.